The number of benzene rings is 3. The van der Waals surface area contributed by atoms with Crippen LogP contribution in [0, 0.1) is 0 Å². The molecule has 5 nitrogen and oxygen atoms in total. The summed E-state index contributed by atoms with van der Waals surface area (Å²) in [6.07, 6.45) is 1.82. The van der Waals surface area contributed by atoms with E-state index in [2.05, 4.69) is 22.4 Å². The molecule has 0 bridgehead atoms. The van der Waals surface area contributed by atoms with Gasteiger partial charge in [0, 0.05) is 17.5 Å². The average molecular weight is 385 g/mol. The van der Waals surface area contributed by atoms with E-state index in [-0.39, 0.29) is 6.19 Å². The summed E-state index contributed by atoms with van der Waals surface area (Å²) in [5, 5.41) is 8.15. The van der Waals surface area contributed by atoms with E-state index < -0.39 is 0 Å². The monoisotopic (exact) mass is 385 g/mol. The highest BCUT2D eigenvalue weighted by Gasteiger charge is 2.31. The van der Waals surface area contributed by atoms with Gasteiger partial charge in [-0.3, -0.25) is 4.68 Å². The maximum absolute atomic E-state index is 6.10. The van der Waals surface area contributed by atoms with E-state index in [0.717, 1.165) is 38.9 Å². The number of hydrogen-bond donors (Lipinski definition) is 0. The van der Waals surface area contributed by atoms with Crippen LogP contribution in [0.15, 0.2) is 83.9 Å². The molecule has 0 N–H and O–H groups in total. The molecule has 28 heavy (non-hydrogen) atoms. The van der Waals surface area contributed by atoms with E-state index in [1.165, 1.54) is 0 Å². The van der Waals surface area contributed by atoms with Crippen LogP contribution in [0.1, 0.15) is 0 Å². The van der Waals surface area contributed by atoms with Crippen molar-refractivity contribution in [3.8, 4) is 28.5 Å². The summed E-state index contributed by atoms with van der Waals surface area (Å²) in [5.74, 6) is 2.46. The third kappa shape index (κ3) is 3.36. The zero-order valence-corrected chi connectivity index (χ0v) is 16.0. The van der Waals surface area contributed by atoms with Crippen molar-refractivity contribution in [3.63, 3.8) is 0 Å². The van der Waals surface area contributed by atoms with Gasteiger partial charge in [0.25, 0.3) is 0 Å². The smallest absolute Gasteiger partial charge is 0.467 e. The fourth-order valence-electron chi connectivity index (χ4n) is 3.09. The van der Waals surface area contributed by atoms with Crippen LogP contribution >= 0.6 is 11.6 Å². The van der Waals surface area contributed by atoms with Crippen molar-refractivity contribution in [2.75, 3.05) is 0 Å². The first kappa shape index (κ1) is 17.0. The van der Waals surface area contributed by atoms with Crippen LogP contribution in [-0.2, 0) is 7.05 Å². The predicted octanol–water partition coefficient (Wildman–Crippen LogP) is 4.15. The molecule has 0 aliphatic carbocycles. The molecule has 2 heterocycles. The number of rotatable bonds is 4. The van der Waals surface area contributed by atoms with Gasteiger partial charge in [-0.2, -0.15) is 0 Å². The van der Waals surface area contributed by atoms with Gasteiger partial charge in [-0.25, -0.2) is 0 Å². The largest absolute Gasteiger partial charge is 0.546 e. The van der Waals surface area contributed by atoms with Crippen molar-refractivity contribution >= 4 is 23.3 Å². The number of nitrogens with zero attached hydrogens (tertiary/aromatic N) is 3. The molecule has 0 atom stereocenters. The van der Waals surface area contributed by atoms with Crippen LogP contribution in [0.5, 0.6) is 17.2 Å². The highest BCUT2D eigenvalue weighted by Crippen LogP contribution is 2.38. The summed E-state index contributed by atoms with van der Waals surface area (Å²) in [7, 11) is 1.85. The van der Waals surface area contributed by atoms with Crippen LogP contribution in [0.25, 0.3) is 11.3 Å². The summed E-state index contributed by atoms with van der Waals surface area (Å²) >= 11 is 1.71. The highest BCUT2D eigenvalue weighted by molar-refractivity contribution is 8.26. The molecule has 0 saturated carbocycles. The van der Waals surface area contributed by atoms with Crippen LogP contribution < -0.4 is 14.9 Å². The fraction of sp³-hybridized carbons (Fsp3) is 0.0476. The van der Waals surface area contributed by atoms with Gasteiger partial charge in [0.15, 0.2) is 0 Å². The van der Waals surface area contributed by atoms with Gasteiger partial charge in [-0.15, -0.1) is 16.7 Å². The molecule has 0 saturated heterocycles. The van der Waals surface area contributed by atoms with Crippen LogP contribution in [0.2, 0.25) is 0 Å². The summed E-state index contributed by atoms with van der Waals surface area (Å²) in [6, 6.07) is 24.0. The lowest BCUT2D eigenvalue weighted by Gasteiger charge is -2.10. The Bertz CT molecular complexity index is 1120. The third-order valence-electron chi connectivity index (χ3n) is 4.42. The summed E-state index contributed by atoms with van der Waals surface area (Å²) in [4.78, 5) is 1.16. The SMILES string of the molecule is Cn1cc(-c2cccc(Oc3cccc(B4Oc5ccccc5S4)c3)c2)nn1. The average Bonchev–Trinajstić information content (AvgIpc) is 3.35. The van der Waals surface area contributed by atoms with Crippen molar-refractivity contribution in [1.82, 2.24) is 15.0 Å². The molecule has 1 aliphatic rings. The second-order valence-electron chi connectivity index (χ2n) is 6.49. The highest BCUT2D eigenvalue weighted by atomic mass is 32.2. The molecule has 0 amide bonds. The van der Waals surface area contributed by atoms with E-state index in [1.54, 1.807) is 16.3 Å². The number of aryl methyl sites for hydroxylation is 1. The Morgan fingerprint density at radius 1 is 0.964 bits per heavy atom. The second kappa shape index (κ2) is 7.09. The fourth-order valence-corrected chi connectivity index (χ4v) is 4.15. The molecule has 0 radical (unpaired) electrons. The standard InChI is InChI=1S/C21H16BN3O2S/c1-25-14-19(23-24-25)15-6-4-8-17(12-15)26-18-9-5-7-16(13-18)22-27-20-10-2-3-11-21(20)28-22/h2-14H,1H3. The summed E-state index contributed by atoms with van der Waals surface area (Å²) in [5.41, 5.74) is 2.85. The van der Waals surface area contributed by atoms with Crippen LogP contribution in [0.4, 0.5) is 0 Å². The Labute approximate surface area is 167 Å². The third-order valence-corrected chi connectivity index (χ3v) is 5.59. The number of para-hydroxylation sites is 1. The van der Waals surface area contributed by atoms with E-state index in [9.17, 15) is 0 Å². The molecule has 7 heteroatoms. The van der Waals surface area contributed by atoms with Crippen molar-refractivity contribution in [2.24, 2.45) is 7.05 Å². The molecular formula is C21H16BN3O2S. The molecule has 1 aromatic heterocycles. The van der Waals surface area contributed by atoms with Gasteiger partial charge in [0.1, 0.15) is 22.9 Å². The molecular weight excluding hydrogens is 369 g/mol. The number of aromatic nitrogens is 3. The van der Waals surface area contributed by atoms with Gasteiger partial charge in [-0.05, 0) is 41.9 Å². The first-order valence-electron chi connectivity index (χ1n) is 8.91. The quantitative estimate of drug-likeness (QED) is 0.494. The Kier molecular flexibility index (Phi) is 4.29. The minimum atomic E-state index is -0.0631. The van der Waals surface area contributed by atoms with Gasteiger partial charge >= 0.3 is 6.19 Å². The Hall–Kier alpha value is -3.19. The molecule has 4 aromatic rings. The second-order valence-corrected chi connectivity index (χ2v) is 7.60. The molecule has 0 unspecified atom stereocenters. The Morgan fingerprint density at radius 2 is 1.79 bits per heavy atom. The lowest BCUT2D eigenvalue weighted by atomic mass is 9.86. The maximum atomic E-state index is 6.10. The van der Waals surface area contributed by atoms with Crippen molar-refractivity contribution in [3.05, 3.63) is 79.0 Å². The molecule has 136 valence electrons. The number of hydrogen-bond acceptors (Lipinski definition) is 5. The van der Waals surface area contributed by atoms with E-state index in [4.69, 9.17) is 9.39 Å². The van der Waals surface area contributed by atoms with Crippen molar-refractivity contribution in [1.29, 1.82) is 0 Å². The minimum absolute atomic E-state index is 0.0631. The van der Waals surface area contributed by atoms with Crippen LogP contribution in [0.3, 0.4) is 0 Å². The predicted molar refractivity (Wildman–Crippen MR) is 111 cm³/mol. The van der Waals surface area contributed by atoms with Crippen molar-refractivity contribution < 1.29 is 9.39 Å². The Morgan fingerprint density at radius 3 is 2.61 bits per heavy atom. The summed E-state index contributed by atoms with van der Waals surface area (Å²) < 4.78 is 13.9. The zero-order chi connectivity index (χ0) is 18.9. The van der Waals surface area contributed by atoms with E-state index >= 15 is 0 Å². The van der Waals surface area contributed by atoms with E-state index in [0.29, 0.717) is 0 Å². The number of ether oxygens (including phenoxy) is 1. The maximum Gasteiger partial charge on any atom is 0.467 e. The molecule has 3 aromatic carbocycles. The van der Waals surface area contributed by atoms with E-state index in [1.807, 2.05) is 73.9 Å². The molecule has 0 fully saturated rings. The van der Waals surface area contributed by atoms with Gasteiger partial charge < -0.3 is 9.39 Å². The first-order valence-corrected chi connectivity index (χ1v) is 9.79. The lowest BCUT2D eigenvalue weighted by Crippen LogP contribution is -2.30. The molecule has 5 rings (SSSR count). The molecule has 1 aliphatic heterocycles. The first-order chi connectivity index (χ1) is 13.7. The zero-order valence-electron chi connectivity index (χ0n) is 15.1. The van der Waals surface area contributed by atoms with Gasteiger partial charge in [-0.1, -0.05) is 41.6 Å². The number of fused-ring (bicyclic) bond motifs is 1. The normalized spacial score (nSPS) is 12.5. The van der Waals surface area contributed by atoms with Gasteiger partial charge in [0.05, 0.1) is 6.20 Å². The Balaban J connectivity index is 1.36. The minimum Gasteiger partial charge on any atom is -0.546 e. The van der Waals surface area contributed by atoms with Gasteiger partial charge in [0.2, 0.25) is 0 Å². The topological polar surface area (TPSA) is 49.2 Å². The van der Waals surface area contributed by atoms with Crippen LogP contribution in [-0.4, -0.2) is 21.2 Å². The van der Waals surface area contributed by atoms with Crippen molar-refractivity contribution in [2.45, 2.75) is 4.90 Å². The molecule has 0 spiro atoms. The lowest BCUT2D eigenvalue weighted by molar-refractivity contribution is 0.483. The summed E-state index contributed by atoms with van der Waals surface area (Å²) in [6.45, 7) is 0.